The van der Waals surface area contributed by atoms with E-state index >= 15 is 0 Å². The van der Waals surface area contributed by atoms with Gasteiger partial charge < -0.3 is 19.5 Å². The molecule has 0 aromatic heterocycles. The molecule has 0 saturated heterocycles. The Kier molecular flexibility index (Phi) is 5.39. The van der Waals surface area contributed by atoms with Gasteiger partial charge in [-0.15, -0.1) is 0 Å². The highest BCUT2D eigenvalue weighted by atomic mass is 35.5. The summed E-state index contributed by atoms with van der Waals surface area (Å²) in [4.78, 5) is 0. The van der Waals surface area contributed by atoms with Crippen molar-refractivity contribution < 1.29 is 14.2 Å². The standard InChI is InChI=1S/C18H19Cl2NO3/c1-22-17-5-11-3-4-21-16(15(11)9-18(17)23-2)10-24-14-7-12(19)6-13(20)8-14/h5-9,16,21H,3-4,10H2,1-2H3. The van der Waals surface area contributed by atoms with Crippen molar-refractivity contribution in [1.29, 1.82) is 0 Å². The number of hydrogen-bond acceptors (Lipinski definition) is 4. The molecule has 1 atom stereocenters. The molecule has 2 aromatic rings. The van der Waals surface area contributed by atoms with Gasteiger partial charge in [0.05, 0.1) is 20.3 Å². The van der Waals surface area contributed by atoms with E-state index in [0.717, 1.165) is 30.0 Å². The zero-order valence-electron chi connectivity index (χ0n) is 13.6. The van der Waals surface area contributed by atoms with Crippen molar-refractivity contribution in [3.63, 3.8) is 0 Å². The van der Waals surface area contributed by atoms with Crippen molar-refractivity contribution in [2.45, 2.75) is 12.5 Å². The fraction of sp³-hybridized carbons (Fsp3) is 0.333. The second kappa shape index (κ2) is 7.51. The Morgan fingerprint density at radius 2 is 1.67 bits per heavy atom. The molecule has 0 aliphatic carbocycles. The number of halogens is 2. The Morgan fingerprint density at radius 1 is 1.00 bits per heavy atom. The fourth-order valence-corrected chi connectivity index (χ4v) is 3.41. The Bertz CT molecular complexity index is 716. The van der Waals surface area contributed by atoms with Crippen LogP contribution in [0.2, 0.25) is 10.0 Å². The molecule has 0 spiro atoms. The molecule has 1 heterocycles. The van der Waals surface area contributed by atoms with E-state index in [-0.39, 0.29) is 6.04 Å². The molecule has 2 aromatic carbocycles. The molecule has 1 N–H and O–H groups in total. The molecular formula is C18H19Cl2NO3. The van der Waals surface area contributed by atoms with E-state index in [1.807, 2.05) is 12.1 Å². The van der Waals surface area contributed by atoms with Crippen LogP contribution in [-0.4, -0.2) is 27.4 Å². The molecule has 3 rings (SSSR count). The maximum absolute atomic E-state index is 6.02. The third kappa shape index (κ3) is 3.72. The highest BCUT2D eigenvalue weighted by Gasteiger charge is 2.23. The maximum atomic E-state index is 6.02. The first kappa shape index (κ1) is 17.2. The highest BCUT2D eigenvalue weighted by molar-refractivity contribution is 6.34. The van der Waals surface area contributed by atoms with Gasteiger partial charge in [0.25, 0.3) is 0 Å². The number of fused-ring (bicyclic) bond motifs is 1. The van der Waals surface area contributed by atoms with Gasteiger partial charge in [0.2, 0.25) is 0 Å². The largest absolute Gasteiger partial charge is 0.493 e. The summed E-state index contributed by atoms with van der Waals surface area (Å²) in [5.41, 5.74) is 2.40. The van der Waals surface area contributed by atoms with E-state index in [0.29, 0.717) is 22.4 Å². The van der Waals surface area contributed by atoms with Gasteiger partial charge in [-0.2, -0.15) is 0 Å². The molecule has 4 nitrogen and oxygen atoms in total. The topological polar surface area (TPSA) is 39.7 Å². The van der Waals surface area contributed by atoms with Crippen LogP contribution in [0.25, 0.3) is 0 Å². The van der Waals surface area contributed by atoms with E-state index in [1.165, 1.54) is 5.56 Å². The van der Waals surface area contributed by atoms with Gasteiger partial charge in [-0.1, -0.05) is 23.2 Å². The minimum absolute atomic E-state index is 0.0614. The summed E-state index contributed by atoms with van der Waals surface area (Å²) in [6.45, 7) is 1.35. The van der Waals surface area contributed by atoms with Crippen molar-refractivity contribution in [3.8, 4) is 17.2 Å². The fourth-order valence-electron chi connectivity index (χ4n) is 2.91. The van der Waals surface area contributed by atoms with Crippen molar-refractivity contribution in [3.05, 3.63) is 51.5 Å². The lowest BCUT2D eigenvalue weighted by Crippen LogP contribution is -2.33. The molecule has 0 fully saturated rings. The molecule has 0 radical (unpaired) electrons. The third-order valence-corrected chi connectivity index (χ3v) is 4.50. The second-order valence-electron chi connectivity index (χ2n) is 5.58. The minimum Gasteiger partial charge on any atom is -0.493 e. The summed E-state index contributed by atoms with van der Waals surface area (Å²) >= 11 is 12.0. The molecule has 0 amide bonds. The van der Waals surface area contributed by atoms with E-state index in [4.69, 9.17) is 37.4 Å². The molecule has 0 saturated carbocycles. The van der Waals surface area contributed by atoms with Gasteiger partial charge in [-0.05, 0) is 54.4 Å². The average molecular weight is 368 g/mol. The number of benzene rings is 2. The molecule has 128 valence electrons. The molecule has 24 heavy (non-hydrogen) atoms. The van der Waals surface area contributed by atoms with Crippen molar-refractivity contribution in [2.75, 3.05) is 27.4 Å². The molecule has 6 heteroatoms. The smallest absolute Gasteiger partial charge is 0.161 e. The van der Waals surface area contributed by atoms with Crippen molar-refractivity contribution >= 4 is 23.2 Å². The summed E-state index contributed by atoms with van der Waals surface area (Å²) in [6.07, 6.45) is 0.940. The van der Waals surface area contributed by atoms with E-state index in [2.05, 4.69) is 5.32 Å². The van der Waals surface area contributed by atoms with Crippen LogP contribution in [0.1, 0.15) is 17.2 Å². The number of methoxy groups -OCH3 is 2. The van der Waals surface area contributed by atoms with Crippen LogP contribution < -0.4 is 19.5 Å². The van der Waals surface area contributed by atoms with Crippen LogP contribution in [0.4, 0.5) is 0 Å². The highest BCUT2D eigenvalue weighted by Crippen LogP contribution is 2.35. The maximum Gasteiger partial charge on any atom is 0.161 e. The SMILES string of the molecule is COc1cc2c(cc1OC)C(COc1cc(Cl)cc(Cl)c1)NCC2. The number of ether oxygens (including phenoxy) is 3. The van der Waals surface area contributed by atoms with Crippen LogP contribution in [0, 0.1) is 0 Å². The molecule has 1 unspecified atom stereocenters. The van der Waals surface area contributed by atoms with E-state index in [9.17, 15) is 0 Å². The van der Waals surface area contributed by atoms with Gasteiger partial charge in [0.15, 0.2) is 11.5 Å². The van der Waals surface area contributed by atoms with Crippen molar-refractivity contribution in [2.24, 2.45) is 0 Å². The van der Waals surface area contributed by atoms with Gasteiger partial charge in [0, 0.05) is 10.0 Å². The summed E-state index contributed by atoms with van der Waals surface area (Å²) < 4.78 is 16.7. The van der Waals surface area contributed by atoms with Crippen molar-refractivity contribution in [1.82, 2.24) is 5.32 Å². The van der Waals surface area contributed by atoms with E-state index < -0.39 is 0 Å². The third-order valence-electron chi connectivity index (χ3n) is 4.06. The lowest BCUT2D eigenvalue weighted by atomic mass is 9.94. The number of rotatable bonds is 5. The predicted molar refractivity (Wildman–Crippen MR) is 96.0 cm³/mol. The van der Waals surface area contributed by atoms with Crippen LogP contribution >= 0.6 is 23.2 Å². The normalized spacial score (nSPS) is 16.4. The number of hydrogen-bond donors (Lipinski definition) is 1. The van der Waals surface area contributed by atoms with Crippen LogP contribution in [0.15, 0.2) is 30.3 Å². The van der Waals surface area contributed by atoms with Crippen LogP contribution in [0.5, 0.6) is 17.2 Å². The lowest BCUT2D eigenvalue weighted by molar-refractivity contribution is 0.260. The van der Waals surface area contributed by atoms with Crippen LogP contribution in [-0.2, 0) is 6.42 Å². The van der Waals surface area contributed by atoms with Gasteiger partial charge in [-0.25, -0.2) is 0 Å². The zero-order valence-corrected chi connectivity index (χ0v) is 15.1. The first-order valence-electron chi connectivity index (χ1n) is 7.67. The number of nitrogens with one attached hydrogen (secondary N) is 1. The summed E-state index contributed by atoms with van der Waals surface area (Å²) in [5.74, 6) is 2.12. The summed E-state index contributed by atoms with van der Waals surface area (Å²) in [6, 6.07) is 9.31. The van der Waals surface area contributed by atoms with Gasteiger partial charge >= 0.3 is 0 Å². The average Bonchev–Trinajstić information content (AvgIpc) is 2.57. The Hall–Kier alpha value is -1.62. The summed E-state index contributed by atoms with van der Waals surface area (Å²) in [5, 5.41) is 4.59. The predicted octanol–water partition coefficient (Wildman–Crippen LogP) is 4.28. The van der Waals surface area contributed by atoms with Gasteiger partial charge in [0.1, 0.15) is 12.4 Å². The monoisotopic (exact) mass is 367 g/mol. The Labute approximate surface area is 151 Å². The summed E-state index contributed by atoms with van der Waals surface area (Å²) in [7, 11) is 3.29. The second-order valence-corrected chi connectivity index (χ2v) is 6.45. The lowest BCUT2D eigenvalue weighted by Gasteiger charge is -2.28. The Balaban J connectivity index is 1.81. The first-order valence-corrected chi connectivity index (χ1v) is 8.43. The van der Waals surface area contributed by atoms with Gasteiger partial charge in [-0.3, -0.25) is 0 Å². The Morgan fingerprint density at radius 3 is 2.33 bits per heavy atom. The van der Waals surface area contributed by atoms with Crippen LogP contribution in [0.3, 0.4) is 0 Å². The first-order chi connectivity index (χ1) is 11.6. The molecule has 1 aliphatic rings. The zero-order chi connectivity index (χ0) is 17.1. The minimum atomic E-state index is 0.0614. The molecular weight excluding hydrogens is 349 g/mol. The van der Waals surface area contributed by atoms with E-state index in [1.54, 1.807) is 32.4 Å². The molecule has 0 bridgehead atoms. The quantitative estimate of drug-likeness (QED) is 0.855. The molecule has 1 aliphatic heterocycles.